The van der Waals surface area contributed by atoms with Crippen LogP contribution < -0.4 is 15.0 Å². The molecule has 5 heteroatoms. The number of carbonyl (C=O) groups is 1. The van der Waals surface area contributed by atoms with Gasteiger partial charge in [0.05, 0.1) is 13.0 Å². The van der Waals surface area contributed by atoms with Gasteiger partial charge in [0.25, 0.3) is 0 Å². The number of nitrogens with one attached hydrogen (secondary N) is 1. The molecule has 0 bridgehead atoms. The highest BCUT2D eigenvalue weighted by molar-refractivity contribution is 5.76. The zero-order valence-corrected chi connectivity index (χ0v) is 13.7. The van der Waals surface area contributed by atoms with Crippen LogP contribution >= 0.6 is 0 Å². The minimum atomic E-state index is 0.0406. The van der Waals surface area contributed by atoms with Crippen LogP contribution in [-0.4, -0.2) is 36.6 Å². The fourth-order valence-corrected chi connectivity index (χ4v) is 2.92. The number of anilines is 1. The molecule has 0 aliphatic carbocycles. The average molecular weight is 325 g/mol. The summed E-state index contributed by atoms with van der Waals surface area (Å²) in [4.78, 5) is 18.7. The Morgan fingerprint density at radius 1 is 1.21 bits per heavy atom. The van der Waals surface area contributed by atoms with Crippen molar-refractivity contribution in [3.8, 4) is 5.75 Å². The van der Waals surface area contributed by atoms with Crippen molar-refractivity contribution in [2.45, 2.75) is 25.3 Å². The molecule has 0 saturated carbocycles. The van der Waals surface area contributed by atoms with Gasteiger partial charge >= 0.3 is 0 Å². The number of carbonyl (C=O) groups excluding carboxylic acids is 1. The van der Waals surface area contributed by atoms with Crippen LogP contribution in [0.2, 0.25) is 0 Å². The minimum absolute atomic E-state index is 0.0406. The van der Waals surface area contributed by atoms with E-state index in [-0.39, 0.29) is 11.9 Å². The third-order valence-corrected chi connectivity index (χ3v) is 4.10. The molecule has 3 rings (SSSR count). The maximum absolute atomic E-state index is 12.1. The Morgan fingerprint density at radius 3 is 2.83 bits per heavy atom. The zero-order valence-electron chi connectivity index (χ0n) is 13.7. The molecule has 2 heterocycles. The zero-order chi connectivity index (χ0) is 16.6. The van der Waals surface area contributed by atoms with Crippen molar-refractivity contribution >= 4 is 11.7 Å². The van der Waals surface area contributed by atoms with E-state index in [1.165, 1.54) is 0 Å². The Kier molecular flexibility index (Phi) is 5.66. The molecule has 24 heavy (non-hydrogen) atoms. The van der Waals surface area contributed by atoms with Crippen LogP contribution in [0.3, 0.4) is 0 Å². The molecule has 1 aliphatic rings. The van der Waals surface area contributed by atoms with Crippen molar-refractivity contribution in [2.24, 2.45) is 0 Å². The standard InChI is InChI=1S/C19H23N3O2/c23-19(11-14-24-17-8-2-1-3-9-17)21-16-7-6-13-22(15-16)18-10-4-5-12-20-18/h1-5,8-10,12,16H,6-7,11,13-15H2,(H,21,23)/t16-/m0/s1. The molecule has 0 unspecified atom stereocenters. The molecule has 126 valence electrons. The van der Waals surface area contributed by atoms with Crippen molar-refractivity contribution < 1.29 is 9.53 Å². The molecular weight excluding hydrogens is 302 g/mol. The Morgan fingerprint density at radius 2 is 2.04 bits per heavy atom. The quantitative estimate of drug-likeness (QED) is 0.887. The maximum atomic E-state index is 12.1. The number of pyridine rings is 1. The van der Waals surface area contributed by atoms with Crippen molar-refractivity contribution in [3.05, 3.63) is 54.7 Å². The first-order chi connectivity index (χ1) is 11.8. The summed E-state index contributed by atoms with van der Waals surface area (Å²) in [6, 6.07) is 15.7. The van der Waals surface area contributed by atoms with Gasteiger partial charge < -0.3 is 15.0 Å². The van der Waals surface area contributed by atoms with Gasteiger partial charge in [0, 0.05) is 25.3 Å². The molecule has 1 amide bonds. The monoisotopic (exact) mass is 325 g/mol. The lowest BCUT2D eigenvalue weighted by molar-refractivity contribution is -0.122. The Balaban J connectivity index is 1.42. The normalized spacial score (nSPS) is 17.3. The molecule has 1 atom stereocenters. The lowest BCUT2D eigenvalue weighted by Crippen LogP contribution is -2.48. The third-order valence-electron chi connectivity index (χ3n) is 4.10. The van der Waals surface area contributed by atoms with E-state index in [1.807, 2.05) is 48.5 Å². The Hall–Kier alpha value is -2.56. The van der Waals surface area contributed by atoms with Gasteiger partial charge in [0.15, 0.2) is 0 Å². The van der Waals surface area contributed by atoms with Crippen molar-refractivity contribution in [3.63, 3.8) is 0 Å². The SMILES string of the molecule is O=C(CCOc1ccccc1)N[C@H]1CCCN(c2ccccn2)C1. The Bertz CT molecular complexity index is 634. The topological polar surface area (TPSA) is 54.5 Å². The number of amides is 1. The fourth-order valence-electron chi connectivity index (χ4n) is 2.92. The summed E-state index contributed by atoms with van der Waals surface area (Å²) in [5.74, 6) is 1.81. The number of ether oxygens (including phenoxy) is 1. The predicted octanol–water partition coefficient (Wildman–Crippen LogP) is 2.64. The number of rotatable bonds is 6. The molecule has 1 fully saturated rings. The number of hydrogen-bond acceptors (Lipinski definition) is 4. The molecule has 1 aromatic heterocycles. The smallest absolute Gasteiger partial charge is 0.223 e. The molecular formula is C19H23N3O2. The Labute approximate surface area is 142 Å². The summed E-state index contributed by atoms with van der Waals surface area (Å²) in [5.41, 5.74) is 0. The first-order valence-electron chi connectivity index (χ1n) is 8.44. The molecule has 1 saturated heterocycles. The van der Waals surface area contributed by atoms with E-state index in [9.17, 15) is 4.79 Å². The molecule has 0 radical (unpaired) electrons. The van der Waals surface area contributed by atoms with Gasteiger partial charge in [-0.1, -0.05) is 24.3 Å². The van der Waals surface area contributed by atoms with Crippen molar-refractivity contribution in [1.29, 1.82) is 0 Å². The molecule has 5 nitrogen and oxygen atoms in total. The number of piperidine rings is 1. The summed E-state index contributed by atoms with van der Waals surface area (Å²) >= 11 is 0. The first-order valence-corrected chi connectivity index (χ1v) is 8.44. The second-order valence-electron chi connectivity index (χ2n) is 5.95. The van der Waals surface area contributed by atoms with Crippen LogP contribution in [0.4, 0.5) is 5.82 Å². The lowest BCUT2D eigenvalue weighted by atomic mass is 10.1. The van der Waals surface area contributed by atoms with E-state index in [1.54, 1.807) is 6.20 Å². The van der Waals surface area contributed by atoms with E-state index in [0.29, 0.717) is 13.0 Å². The van der Waals surface area contributed by atoms with Crippen molar-refractivity contribution in [2.75, 3.05) is 24.6 Å². The van der Waals surface area contributed by atoms with Gasteiger partial charge in [0.2, 0.25) is 5.91 Å². The number of aromatic nitrogens is 1. The van der Waals surface area contributed by atoms with Crippen LogP contribution in [0.1, 0.15) is 19.3 Å². The highest BCUT2D eigenvalue weighted by Gasteiger charge is 2.22. The number of para-hydroxylation sites is 1. The second-order valence-corrected chi connectivity index (χ2v) is 5.95. The average Bonchev–Trinajstić information content (AvgIpc) is 2.63. The number of nitrogens with zero attached hydrogens (tertiary/aromatic N) is 2. The number of hydrogen-bond donors (Lipinski definition) is 1. The summed E-state index contributed by atoms with van der Waals surface area (Å²) in [6.07, 6.45) is 4.24. The van der Waals surface area contributed by atoms with Crippen molar-refractivity contribution in [1.82, 2.24) is 10.3 Å². The van der Waals surface area contributed by atoms with Gasteiger partial charge in [-0.2, -0.15) is 0 Å². The summed E-state index contributed by atoms with van der Waals surface area (Å²) in [7, 11) is 0. The van der Waals surface area contributed by atoms with E-state index < -0.39 is 0 Å². The molecule has 1 aliphatic heterocycles. The van der Waals surface area contributed by atoms with Crippen LogP contribution in [-0.2, 0) is 4.79 Å². The minimum Gasteiger partial charge on any atom is -0.493 e. The summed E-state index contributed by atoms with van der Waals surface area (Å²) in [6.45, 7) is 2.19. The second kappa shape index (κ2) is 8.34. The van der Waals surface area contributed by atoms with Crippen LogP contribution in [0.15, 0.2) is 54.7 Å². The summed E-state index contributed by atoms with van der Waals surface area (Å²) in [5, 5.41) is 3.12. The predicted molar refractivity (Wildman–Crippen MR) is 94.2 cm³/mol. The van der Waals surface area contributed by atoms with E-state index in [4.69, 9.17) is 4.74 Å². The van der Waals surface area contributed by atoms with Gasteiger partial charge in [-0.3, -0.25) is 4.79 Å². The van der Waals surface area contributed by atoms with Gasteiger partial charge in [-0.05, 0) is 37.1 Å². The maximum Gasteiger partial charge on any atom is 0.223 e. The van der Waals surface area contributed by atoms with Gasteiger partial charge in [0.1, 0.15) is 11.6 Å². The molecule has 0 spiro atoms. The summed E-state index contributed by atoms with van der Waals surface area (Å²) < 4.78 is 5.58. The fraction of sp³-hybridized carbons (Fsp3) is 0.368. The van der Waals surface area contributed by atoms with Crippen LogP contribution in [0.5, 0.6) is 5.75 Å². The van der Waals surface area contributed by atoms with E-state index in [0.717, 1.165) is 37.5 Å². The largest absolute Gasteiger partial charge is 0.493 e. The number of benzene rings is 1. The highest BCUT2D eigenvalue weighted by atomic mass is 16.5. The van der Waals surface area contributed by atoms with Gasteiger partial charge in [-0.15, -0.1) is 0 Å². The molecule has 2 aromatic rings. The third kappa shape index (κ3) is 4.72. The van der Waals surface area contributed by atoms with E-state index in [2.05, 4.69) is 15.2 Å². The van der Waals surface area contributed by atoms with Crippen LogP contribution in [0.25, 0.3) is 0 Å². The molecule has 1 aromatic carbocycles. The first kappa shape index (κ1) is 16.3. The highest BCUT2D eigenvalue weighted by Crippen LogP contribution is 2.17. The lowest BCUT2D eigenvalue weighted by Gasteiger charge is -2.34. The molecule has 1 N–H and O–H groups in total. The van der Waals surface area contributed by atoms with Crippen LogP contribution in [0, 0.1) is 0 Å². The van der Waals surface area contributed by atoms with Gasteiger partial charge in [-0.25, -0.2) is 4.98 Å². The van der Waals surface area contributed by atoms with E-state index >= 15 is 0 Å².